The molecular formula is C16H24O5. The number of aliphatic hydroxyl groups excluding tert-OH is 1. The van der Waals surface area contributed by atoms with Crippen LogP contribution in [0.3, 0.4) is 0 Å². The first-order valence-electron chi connectivity index (χ1n) is 7.20. The second-order valence-corrected chi connectivity index (χ2v) is 5.29. The van der Waals surface area contributed by atoms with Crippen LogP contribution >= 0.6 is 0 Å². The molecule has 2 rings (SSSR count). The van der Waals surface area contributed by atoms with Gasteiger partial charge in [-0.1, -0.05) is 30.3 Å². The van der Waals surface area contributed by atoms with Gasteiger partial charge in [0.15, 0.2) is 6.29 Å². The quantitative estimate of drug-likeness (QED) is 0.866. The zero-order valence-corrected chi connectivity index (χ0v) is 12.8. The summed E-state index contributed by atoms with van der Waals surface area (Å²) >= 11 is 0. The minimum Gasteiger partial charge on any atom is -0.391 e. The second-order valence-electron chi connectivity index (χ2n) is 5.29. The molecule has 5 heteroatoms. The Morgan fingerprint density at radius 2 is 1.90 bits per heavy atom. The van der Waals surface area contributed by atoms with Gasteiger partial charge < -0.3 is 24.1 Å². The van der Waals surface area contributed by atoms with E-state index < -0.39 is 18.5 Å². The SMILES string of the molecule is CO[C@H]1O[C@H]([C@H](C)O)[C@@H](OCc2ccccc2)C[C@H]1OC. The molecule has 0 radical (unpaired) electrons. The summed E-state index contributed by atoms with van der Waals surface area (Å²) in [6, 6.07) is 9.93. The fraction of sp³-hybridized carbons (Fsp3) is 0.625. The van der Waals surface area contributed by atoms with E-state index in [-0.39, 0.29) is 12.2 Å². The third-order valence-corrected chi connectivity index (χ3v) is 3.74. The molecule has 118 valence electrons. The van der Waals surface area contributed by atoms with Crippen molar-refractivity contribution in [1.29, 1.82) is 0 Å². The molecule has 0 aliphatic carbocycles. The summed E-state index contributed by atoms with van der Waals surface area (Å²) in [5, 5.41) is 9.92. The molecule has 0 saturated carbocycles. The van der Waals surface area contributed by atoms with Crippen LogP contribution in [-0.4, -0.2) is 50.0 Å². The number of benzene rings is 1. The van der Waals surface area contributed by atoms with Crippen LogP contribution < -0.4 is 0 Å². The van der Waals surface area contributed by atoms with Crippen LogP contribution in [0.2, 0.25) is 0 Å². The summed E-state index contributed by atoms with van der Waals surface area (Å²) in [5.74, 6) is 0. The second kappa shape index (κ2) is 7.87. The average molecular weight is 296 g/mol. The summed E-state index contributed by atoms with van der Waals surface area (Å²) in [4.78, 5) is 0. The molecule has 0 unspecified atom stereocenters. The Morgan fingerprint density at radius 1 is 1.19 bits per heavy atom. The van der Waals surface area contributed by atoms with Crippen molar-refractivity contribution in [3.63, 3.8) is 0 Å². The number of hydrogen-bond acceptors (Lipinski definition) is 5. The van der Waals surface area contributed by atoms with Crippen LogP contribution in [0.15, 0.2) is 30.3 Å². The van der Waals surface area contributed by atoms with E-state index in [0.29, 0.717) is 13.0 Å². The lowest BCUT2D eigenvalue weighted by atomic mass is 9.98. The first-order chi connectivity index (χ1) is 10.2. The molecule has 5 atom stereocenters. The number of aliphatic hydroxyl groups is 1. The van der Waals surface area contributed by atoms with Crippen LogP contribution in [0.5, 0.6) is 0 Å². The number of hydrogen-bond donors (Lipinski definition) is 1. The van der Waals surface area contributed by atoms with Gasteiger partial charge in [-0.15, -0.1) is 0 Å². The molecule has 0 aromatic heterocycles. The standard InChI is InChI=1S/C16H24O5/c1-11(17)15-13(9-14(18-2)16(19-3)21-15)20-10-12-7-5-4-6-8-12/h4-8,11,13-17H,9-10H2,1-3H3/t11-,13-,14+,15+,16-/m0/s1. The van der Waals surface area contributed by atoms with Crippen molar-refractivity contribution in [2.45, 2.75) is 50.7 Å². The Balaban J connectivity index is 2.00. The summed E-state index contributed by atoms with van der Waals surface area (Å²) < 4.78 is 22.4. The average Bonchev–Trinajstić information content (AvgIpc) is 2.52. The molecule has 1 heterocycles. The number of rotatable bonds is 6. The van der Waals surface area contributed by atoms with Gasteiger partial charge >= 0.3 is 0 Å². The molecule has 1 saturated heterocycles. The maximum Gasteiger partial charge on any atom is 0.184 e. The highest BCUT2D eigenvalue weighted by molar-refractivity contribution is 5.13. The number of ether oxygens (including phenoxy) is 4. The summed E-state index contributed by atoms with van der Waals surface area (Å²) in [6.45, 7) is 2.18. The minimum absolute atomic E-state index is 0.203. The minimum atomic E-state index is -0.638. The van der Waals surface area contributed by atoms with Gasteiger partial charge in [-0.25, -0.2) is 0 Å². The molecule has 1 aromatic rings. The molecular weight excluding hydrogens is 272 g/mol. The van der Waals surface area contributed by atoms with Gasteiger partial charge in [-0.2, -0.15) is 0 Å². The molecule has 1 fully saturated rings. The Labute approximate surface area is 125 Å². The van der Waals surface area contributed by atoms with Crippen LogP contribution in [0.25, 0.3) is 0 Å². The van der Waals surface area contributed by atoms with Crippen molar-refractivity contribution < 1.29 is 24.1 Å². The van der Waals surface area contributed by atoms with Gasteiger partial charge in [-0.3, -0.25) is 0 Å². The lowest BCUT2D eigenvalue weighted by molar-refractivity contribution is -0.283. The molecule has 1 aliphatic rings. The maximum atomic E-state index is 9.92. The highest BCUT2D eigenvalue weighted by Crippen LogP contribution is 2.27. The van der Waals surface area contributed by atoms with E-state index >= 15 is 0 Å². The molecule has 0 amide bonds. The molecule has 5 nitrogen and oxygen atoms in total. The monoisotopic (exact) mass is 296 g/mol. The van der Waals surface area contributed by atoms with Crippen molar-refractivity contribution in [2.75, 3.05) is 14.2 Å². The molecule has 0 spiro atoms. The Bertz CT molecular complexity index is 408. The molecule has 1 aromatic carbocycles. The predicted octanol–water partition coefficient (Wildman–Crippen LogP) is 1.73. The molecule has 21 heavy (non-hydrogen) atoms. The fourth-order valence-electron chi connectivity index (χ4n) is 2.58. The first kappa shape index (κ1) is 16.4. The highest BCUT2D eigenvalue weighted by atomic mass is 16.7. The Morgan fingerprint density at radius 3 is 2.48 bits per heavy atom. The van der Waals surface area contributed by atoms with E-state index in [0.717, 1.165) is 5.56 Å². The largest absolute Gasteiger partial charge is 0.391 e. The van der Waals surface area contributed by atoms with E-state index in [4.69, 9.17) is 18.9 Å². The van der Waals surface area contributed by atoms with Crippen molar-refractivity contribution in [3.8, 4) is 0 Å². The van der Waals surface area contributed by atoms with Crippen molar-refractivity contribution in [2.24, 2.45) is 0 Å². The van der Waals surface area contributed by atoms with Gasteiger partial charge in [-0.05, 0) is 12.5 Å². The zero-order chi connectivity index (χ0) is 15.2. The smallest absolute Gasteiger partial charge is 0.184 e. The Kier molecular flexibility index (Phi) is 6.14. The van der Waals surface area contributed by atoms with Gasteiger partial charge in [0.05, 0.1) is 18.8 Å². The first-order valence-corrected chi connectivity index (χ1v) is 7.20. The third kappa shape index (κ3) is 4.25. The van der Waals surface area contributed by atoms with E-state index in [1.54, 1.807) is 21.1 Å². The van der Waals surface area contributed by atoms with Crippen molar-refractivity contribution >= 4 is 0 Å². The Hall–Kier alpha value is -0.980. The topological polar surface area (TPSA) is 57.2 Å². The van der Waals surface area contributed by atoms with Gasteiger partial charge in [0.25, 0.3) is 0 Å². The van der Waals surface area contributed by atoms with E-state index in [9.17, 15) is 5.11 Å². The summed E-state index contributed by atoms with van der Waals surface area (Å²) in [6.07, 6.45) is -1.36. The van der Waals surface area contributed by atoms with E-state index in [1.165, 1.54) is 0 Å². The predicted molar refractivity (Wildman–Crippen MR) is 77.8 cm³/mol. The van der Waals surface area contributed by atoms with Crippen LogP contribution in [0.4, 0.5) is 0 Å². The molecule has 0 bridgehead atoms. The zero-order valence-electron chi connectivity index (χ0n) is 12.8. The maximum absolute atomic E-state index is 9.92. The van der Waals surface area contributed by atoms with Gasteiger partial charge in [0.1, 0.15) is 12.2 Å². The highest BCUT2D eigenvalue weighted by Gasteiger charge is 2.41. The van der Waals surface area contributed by atoms with Crippen LogP contribution in [-0.2, 0) is 25.6 Å². The van der Waals surface area contributed by atoms with Crippen molar-refractivity contribution in [3.05, 3.63) is 35.9 Å². The molecule has 1 aliphatic heterocycles. The normalized spacial score (nSPS) is 31.0. The summed E-state index contributed by atoms with van der Waals surface area (Å²) in [7, 11) is 3.19. The van der Waals surface area contributed by atoms with E-state index in [1.807, 2.05) is 30.3 Å². The molecule has 1 N–H and O–H groups in total. The van der Waals surface area contributed by atoms with Crippen LogP contribution in [0, 0.1) is 0 Å². The third-order valence-electron chi connectivity index (χ3n) is 3.74. The lowest BCUT2D eigenvalue weighted by Crippen LogP contribution is -2.53. The van der Waals surface area contributed by atoms with Gasteiger partial charge in [0, 0.05) is 20.6 Å². The van der Waals surface area contributed by atoms with Crippen LogP contribution in [0.1, 0.15) is 18.9 Å². The van der Waals surface area contributed by atoms with E-state index in [2.05, 4.69) is 0 Å². The lowest BCUT2D eigenvalue weighted by Gasteiger charge is -2.41. The van der Waals surface area contributed by atoms with Crippen molar-refractivity contribution in [1.82, 2.24) is 0 Å². The van der Waals surface area contributed by atoms with Gasteiger partial charge in [0.2, 0.25) is 0 Å². The number of methoxy groups -OCH3 is 2. The summed E-state index contributed by atoms with van der Waals surface area (Å²) in [5.41, 5.74) is 1.09. The fourth-order valence-corrected chi connectivity index (χ4v) is 2.58.